The van der Waals surface area contributed by atoms with E-state index >= 15 is 0 Å². The second kappa shape index (κ2) is 9.77. The Labute approximate surface area is 290 Å². The van der Waals surface area contributed by atoms with E-state index in [9.17, 15) is 0 Å². The first-order valence-electron chi connectivity index (χ1n) is 17.2. The van der Waals surface area contributed by atoms with Crippen molar-refractivity contribution in [3.05, 3.63) is 158 Å². The molecule has 6 heteroatoms. The van der Waals surface area contributed by atoms with Gasteiger partial charge in [0.1, 0.15) is 11.3 Å². The van der Waals surface area contributed by atoms with E-state index in [0.717, 1.165) is 83.3 Å². The standard InChI is InChI=1S/C45H26N6/c1-2-14-32-29(11-1)30-12-4-8-18-38(30)49-42-26-28(21-23-37(42)47-43(32)49)27-22-24-40-34(25-27)31-13-5-9-19-39(31)50(40)45-48-35-16-6-3-15-33(35)44-46-36-17-7-10-20-41(36)51(44)45/h1-26H. The summed E-state index contributed by atoms with van der Waals surface area (Å²) in [6.07, 6.45) is 0. The molecular weight excluding hydrogens is 625 g/mol. The number of pyridine rings is 1. The highest BCUT2D eigenvalue weighted by Crippen LogP contribution is 2.38. The Morgan fingerprint density at radius 3 is 1.69 bits per heavy atom. The maximum absolute atomic E-state index is 5.33. The summed E-state index contributed by atoms with van der Waals surface area (Å²) >= 11 is 0. The van der Waals surface area contributed by atoms with Gasteiger partial charge in [0, 0.05) is 26.9 Å². The molecule has 0 bridgehead atoms. The third-order valence-electron chi connectivity index (χ3n) is 10.6. The molecule has 0 amide bonds. The van der Waals surface area contributed by atoms with Gasteiger partial charge >= 0.3 is 0 Å². The lowest BCUT2D eigenvalue weighted by molar-refractivity contribution is 0.979. The van der Waals surface area contributed by atoms with E-state index in [1.165, 1.54) is 21.5 Å². The first-order valence-corrected chi connectivity index (χ1v) is 17.2. The molecule has 0 aliphatic carbocycles. The van der Waals surface area contributed by atoms with Crippen molar-refractivity contribution in [3.8, 4) is 17.1 Å². The van der Waals surface area contributed by atoms with Crippen molar-refractivity contribution in [2.75, 3.05) is 0 Å². The Balaban J connectivity index is 1.13. The van der Waals surface area contributed by atoms with Gasteiger partial charge in [-0.1, -0.05) is 97.1 Å². The Bertz CT molecular complexity index is 3440. The average Bonchev–Trinajstić information content (AvgIpc) is 3.88. The van der Waals surface area contributed by atoms with Gasteiger partial charge < -0.3 is 0 Å². The van der Waals surface area contributed by atoms with E-state index < -0.39 is 0 Å². The van der Waals surface area contributed by atoms with E-state index in [-0.39, 0.29) is 0 Å². The minimum absolute atomic E-state index is 0.822. The molecule has 0 spiro atoms. The van der Waals surface area contributed by atoms with Gasteiger partial charge in [-0.25, -0.2) is 15.0 Å². The van der Waals surface area contributed by atoms with Crippen LogP contribution < -0.4 is 0 Å². The van der Waals surface area contributed by atoms with Gasteiger partial charge in [0.2, 0.25) is 5.95 Å². The normalized spacial score (nSPS) is 12.3. The number of aromatic nitrogens is 6. The molecule has 0 saturated carbocycles. The smallest absolute Gasteiger partial charge is 0.221 e. The predicted octanol–water partition coefficient (Wildman–Crippen LogP) is 10.9. The van der Waals surface area contributed by atoms with Crippen molar-refractivity contribution in [2.24, 2.45) is 0 Å². The monoisotopic (exact) mass is 650 g/mol. The molecule has 236 valence electrons. The Kier molecular flexibility index (Phi) is 5.14. The molecule has 12 aromatic rings. The van der Waals surface area contributed by atoms with Gasteiger partial charge in [-0.2, -0.15) is 0 Å². The van der Waals surface area contributed by atoms with Crippen LogP contribution in [-0.4, -0.2) is 28.3 Å². The first-order chi connectivity index (χ1) is 25.3. The van der Waals surface area contributed by atoms with Crippen LogP contribution in [0.1, 0.15) is 0 Å². The fourth-order valence-electron chi connectivity index (χ4n) is 8.33. The van der Waals surface area contributed by atoms with Crippen LogP contribution in [0.4, 0.5) is 0 Å². The van der Waals surface area contributed by atoms with Gasteiger partial charge in [0.15, 0.2) is 0 Å². The minimum atomic E-state index is 0.822. The Hall–Kier alpha value is -7.05. The third-order valence-corrected chi connectivity index (χ3v) is 10.6. The molecule has 7 aromatic carbocycles. The predicted molar refractivity (Wildman–Crippen MR) is 209 cm³/mol. The van der Waals surface area contributed by atoms with Crippen molar-refractivity contribution >= 4 is 87.7 Å². The summed E-state index contributed by atoms with van der Waals surface area (Å²) in [5.74, 6) is 0.822. The molecule has 0 fully saturated rings. The highest BCUT2D eigenvalue weighted by atomic mass is 15.2. The molecule has 0 aliphatic rings. The van der Waals surface area contributed by atoms with Crippen molar-refractivity contribution in [1.82, 2.24) is 28.3 Å². The molecule has 0 radical (unpaired) electrons. The maximum atomic E-state index is 5.33. The summed E-state index contributed by atoms with van der Waals surface area (Å²) in [7, 11) is 0. The van der Waals surface area contributed by atoms with E-state index in [0.29, 0.717) is 0 Å². The quantitative estimate of drug-likeness (QED) is 0.175. The Morgan fingerprint density at radius 2 is 0.863 bits per heavy atom. The number of para-hydroxylation sites is 5. The highest BCUT2D eigenvalue weighted by Gasteiger charge is 2.21. The van der Waals surface area contributed by atoms with Gasteiger partial charge in [0.05, 0.1) is 44.1 Å². The molecule has 0 aliphatic heterocycles. The fourth-order valence-corrected chi connectivity index (χ4v) is 8.33. The number of fused-ring (bicyclic) bond motifs is 16. The number of benzene rings is 7. The number of hydrogen-bond donors (Lipinski definition) is 0. The van der Waals surface area contributed by atoms with Crippen LogP contribution in [-0.2, 0) is 0 Å². The molecule has 12 rings (SSSR count). The fraction of sp³-hybridized carbons (Fsp3) is 0. The summed E-state index contributed by atoms with van der Waals surface area (Å²) < 4.78 is 6.84. The molecule has 0 N–H and O–H groups in total. The van der Waals surface area contributed by atoms with E-state index in [1.807, 2.05) is 12.1 Å². The lowest BCUT2D eigenvalue weighted by Crippen LogP contribution is -2.06. The highest BCUT2D eigenvalue weighted by molar-refractivity contribution is 6.14. The molecule has 0 atom stereocenters. The second-order valence-corrected chi connectivity index (χ2v) is 13.3. The number of hydrogen-bond acceptors (Lipinski definition) is 3. The third kappa shape index (κ3) is 3.57. The van der Waals surface area contributed by atoms with Crippen molar-refractivity contribution < 1.29 is 0 Å². The lowest BCUT2D eigenvalue weighted by atomic mass is 10.0. The van der Waals surface area contributed by atoms with Crippen LogP contribution in [0, 0.1) is 0 Å². The summed E-state index contributed by atoms with van der Waals surface area (Å²) in [5.41, 5.74) is 12.5. The van der Waals surface area contributed by atoms with Crippen LogP contribution >= 0.6 is 0 Å². The van der Waals surface area contributed by atoms with E-state index in [4.69, 9.17) is 15.0 Å². The van der Waals surface area contributed by atoms with Gasteiger partial charge in [-0.05, 0) is 77.2 Å². The maximum Gasteiger partial charge on any atom is 0.221 e. The largest absolute Gasteiger partial charge is 0.292 e. The topological polar surface area (TPSA) is 52.4 Å². The first kappa shape index (κ1) is 26.9. The Morgan fingerprint density at radius 1 is 0.314 bits per heavy atom. The molecule has 5 aromatic heterocycles. The van der Waals surface area contributed by atoms with E-state index in [1.54, 1.807) is 0 Å². The number of nitrogens with zero attached hydrogens (tertiary/aromatic N) is 6. The van der Waals surface area contributed by atoms with Crippen LogP contribution in [0.2, 0.25) is 0 Å². The average molecular weight is 651 g/mol. The summed E-state index contributed by atoms with van der Waals surface area (Å²) in [4.78, 5) is 15.6. The molecule has 5 heterocycles. The SMILES string of the molecule is c1ccc2c(c1)nc(-n1c3ccccc3c3cc(-c4ccc5nc6c7ccccc7c7ccccc7n6c5c4)ccc31)n1c3ccccc3nc21. The zero-order valence-electron chi connectivity index (χ0n) is 27.2. The van der Waals surface area contributed by atoms with Gasteiger partial charge in [0.25, 0.3) is 0 Å². The zero-order chi connectivity index (χ0) is 33.2. The summed E-state index contributed by atoms with van der Waals surface area (Å²) in [5, 5.41) is 6.98. The molecule has 51 heavy (non-hydrogen) atoms. The van der Waals surface area contributed by atoms with Crippen molar-refractivity contribution in [2.45, 2.75) is 0 Å². The summed E-state index contributed by atoms with van der Waals surface area (Å²) in [6.45, 7) is 0. The second-order valence-electron chi connectivity index (χ2n) is 13.3. The summed E-state index contributed by atoms with van der Waals surface area (Å²) in [6, 6.07) is 55.9. The van der Waals surface area contributed by atoms with E-state index in [2.05, 4.69) is 159 Å². The van der Waals surface area contributed by atoms with Gasteiger partial charge in [-0.15, -0.1) is 0 Å². The molecule has 0 unspecified atom stereocenters. The van der Waals surface area contributed by atoms with Crippen LogP contribution in [0.15, 0.2) is 158 Å². The molecule has 0 saturated heterocycles. The van der Waals surface area contributed by atoms with Crippen LogP contribution in [0.5, 0.6) is 0 Å². The van der Waals surface area contributed by atoms with Crippen molar-refractivity contribution in [1.29, 1.82) is 0 Å². The number of imidazole rings is 2. The minimum Gasteiger partial charge on any atom is -0.292 e. The van der Waals surface area contributed by atoms with Crippen LogP contribution in [0.3, 0.4) is 0 Å². The zero-order valence-corrected chi connectivity index (χ0v) is 27.2. The lowest BCUT2D eigenvalue weighted by Gasteiger charge is -2.12. The van der Waals surface area contributed by atoms with Crippen molar-refractivity contribution in [3.63, 3.8) is 0 Å². The molecule has 6 nitrogen and oxygen atoms in total. The number of rotatable bonds is 2. The van der Waals surface area contributed by atoms with Crippen LogP contribution in [0.25, 0.3) is 105 Å². The molecular formula is C45H26N6. The van der Waals surface area contributed by atoms with Gasteiger partial charge in [-0.3, -0.25) is 13.4 Å².